The number of fused-ring (bicyclic) bond motifs is 1. The van der Waals surface area contributed by atoms with E-state index in [0.717, 1.165) is 22.5 Å². The number of halogens is 5. The molecule has 38 heavy (non-hydrogen) atoms. The van der Waals surface area contributed by atoms with Gasteiger partial charge in [0.1, 0.15) is 5.82 Å². The first-order valence-electron chi connectivity index (χ1n) is 11.4. The van der Waals surface area contributed by atoms with Crippen LogP contribution in [0.5, 0.6) is 0 Å². The number of nitrogens with zero attached hydrogens (tertiary/aromatic N) is 5. The van der Waals surface area contributed by atoms with Gasteiger partial charge in [-0.05, 0) is 42.7 Å². The number of nitrogens with one attached hydrogen (secondary N) is 1. The molecule has 1 aliphatic heterocycles. The lowest BCUT2D eigenvalue weighted by molar-refractivity contribution is -0.139. The van der Waals surface area contributed by atoms with Crippen LogP contribution in [-0.2, 0) is 22.7 Å². The third kappa shape index (κ3) is 5.03. The highest BCUT2D eigenvalue weighted by Gasteiger charge is 2.40. The molecule has 5 rings (SSSR count). The summed E-state index contributed by atoms with van der Waals surface area (Å²) < 4.78 is 68.9. The predicted molar refractivity (Wildman–Crippen MR) is 134 cm³/mol. The standard InChI is InChI=1S/C23H19Cl2F3N6O3S/c24-15-6-5-14(17(25)11-15)12-34-21-19(31-32-34)22(35)30-20(29-21)13-7-9-33(10-8-13)38(36,37)18-4-2-1-3-16(18)23(26,27)28/h1-6,11,13H,7-10,12H2,(H,29,30,35). The summed E-state index contributed by atoms with van der Waals surface area (Å²) in [5.41, 5.74) is -0.775. The van der Waals surface area contributed by atoms with Crippen molar-refractivity contribution in [3.05, 3.63) is 79.8 Å². The Balaban J connectivity index is 1.38. The third-order valence-corrected chi connectivity index (χ3v) is 8.92. The third-order valence-electron chi connectivity index (χ3n) is 6.38. The molecule has 0 bridgehead atoms. The summed E-state index contributed by atoms with van der Waals surface area (Å²) in [6, 6.07) is 9.08. The molecule has 3 heterocycles. The van der Waals surface area contributed by atoms with Crippen LogP contribution in [0.25, 0.3) is 11.2 Å². The molecule has 1 saturated heterocycles. The van der Waals surface area contributed by atoms with E-state index in [1.165, 1.54) is 10.7 Å². The molecule has 0 aliphatic carbocycles. The second-order valence-electron chi connectivity index (χ2n) is 8.78. The monoisotopic (exact) mass is 586 g/mol. The fourth-order valence-corrected chi connectivity index (χ4v) is 6.58. The number of aromatic nitrogens is 5. The van der Waals surface area contributed by atoms with Crippen molar-refractivity contribution in [2.45, 2.75) is 36.4 Å². The van der Waals surface area contributed by atoms with Crippen LogP contribution in [0.4, 0.5) is 13.2 Å². The van der Waals surface area contributed by atoms with Crippen molar-refractivity contribution in [2.24, 2.45) is 0 Å². The van der Waals surface area contributed by atoms with Gasteiger partial charge >= 0.3 is 6.18 Å². The van der Waals surface area contributed by atoms with Crippen molar-refractivity contribution in [1.29, 1.82) is 0 Å². The van der Waals surface area contributed by atoms with E-state index in [1.807, 2.05) is 0 Å². The van der Waals surface area contributed by atoms with Crippen molar-refractivity contribution in [3.63, 3.8) is 0 Å². The number of hydrogen-bond acceptors (Lipinski definition) is 6. The summed E-state index contributed by atoms with van der Waals surface area (Å²) in [7, 11) is -4.39. The average Bonchev–Trinajstić information content (AvgIpc) is 3.28. The molecule has 0 spiro atoms. The Morgan fingerprint density at radius 1 is 1.08 bits per heavy atom. The van der Waals surface area contributed by atoms with E-state index < -0.39 is 32.2 Å². The number of rotatable bonds is 5. The largest absolute Gasteiger partial charge is 0.417 e. The van der Waals surface area contributed by atoms with E-state index in [9.17, 15) is 26.4 Å². The summed E-state index contributed by atoms with van der Waals surface area (Å²) in [4.78, 5) is 19.1. The number of piperidine rings is 1. The van der Waals surface area contributed by atoms with E-state index in [2.05, 4.69) is 20.3 Å². The molecule has 15 heteroatoms. The molecule has 0 saturated carbocycles. The van der Waals surface area contributed by atoms with Crippen LogP contribution in [0, 0.1) is 0 Å². The highest BCUT2D eigenvalue weighted by atomic mass is 35.5. The molecule has 4 aromatic rings. The molecule has 1 N–H and O–H groups in total. The summed E-state index contributed by atoms with van der Waals surface area (Å²) in [6.07, 6.45) is -4.33. The maximum atomic E-state index is 13.4. The van der Waals surface area contributed by atoms with Crippen LogP contribution in [0.15, 0.2) is 52.2 Å². The fourth-order valence-electron chi connectivity index (χ4n) is 4.43. The first-order chi connectivity index (χ1) is 17.9. The zero-order valence-corrected chi connectivity index (χ0v) is 21.7. The van der Waals surface area contributed by atoms with Crippen molar-refractivity contribution < 1.29 is 21.6 Å². The first kappa shape index (κ1) is 26.6. The lowest BCUT2D eigenvalue weighted by Gasteiger charge is -2.31. The fraction of sp³-hybridized carbons (Fsp3) is 0.304. The number of sulfonamides is 1. The van der Waals surface area contributed by atoms with Gasteiger partial charge in [0.15, 0.2) is 11.2 Å². The van der Waals surface area contributed by atoms with Crippen LogP contribution < -0.4 is 5.56 Å². The molecule has 200 valence electrons. The Kier molecular flexibility index (Phi) is 6.97. The average molecular weight is 587 g/mol. The molecular weight excluding hydrogens is 568 g/mol. The molecular formula is C23H19Cl2F3N6O3S. The van der Waals surface area contributed by atoms with E-state index in [4.69, 9.17) is 23.2 Å². The summed E-state index contributed by atoms with van der Waals surface area (Å²) >= 11 is 12.2. The Hall–Kier alpha value is -3.00. The zero-order valence-electron chi connectivity index (χ0n) is 19.4. The number of alkyl halides is 3. The lowest BCUT2D eigenvalue weighted by atomic mass is 9.97. The Bertz CT molecular complexity index is 1680. The minimum Gasteiger partial charge on any atom is -0.308 e. The van der Waals surface area contributed by atoms with Crippen molar-refractivity contribution >= 4 is 44.4 Å². The predicted octanol–water partition coefficient (Wildman–Crippen LogP) is 4.46. The SMILES string of the molecule is O=c1[nH]c(C2CCN(S(=O)(=O)c3ccccc3C(F)(F)F)CC2)nc2c1nnn2Cc1ccc(Cl)cc1Cl. The number of H-pyrrole nitrogens is 1. The van der Waals surface area contributed by atoms with E-state index in [1.54, 1.807) is 18.2 Å². The number of hydrogen-bond donors (Lipinski definition) is 1. The van der Waals surface area contributed by atoms with Gasteiger partial charge in [-0.3, -0.25) is 4.79 Å². The van der Waals surface area contributed by atoms with Gasteiger partial charge in [-0.25, -0.2) is 18.1 Å². The van der Waals surface area contributed by atoms with Crippen LogP contribution >= 0.6 is 23.2 Å². The minimum atomic E-state index is -4.81. The summed E-state index contributed by atoms with van der Waals surface area (Å²) in [6.45, 7) is 0.0926. The van der Waals surface area contributed by atoms with Gasteiger partial charge in [0.25, 0.3) is 5.56 Å². The molecule has 0 unspecified atom stereocenters. The minimum absolute atomic E-state index is 0.0302. The Labute approximate surface area is 224 Å². The van der Waals surface area contributed by atoms with Gasteiger partial charge in [0, 0.05) is 29.1 Å². The highest BCUT2D eigenvalue weighted by molar-refractivity contribution is 7.89. The van der Waals surface area contributed by atoms with Crippen LogP contribution in [0.2, 0.25) is 10.0 Å². The van der Waals surface area contributed by atoms with Gasteiger partial charge in [-0.15, -0.1) is 5.10 Å². The van der Waals surface area contributed by atoms with Crippen LogP contribution in [0.1, 0.15) is 35.7 Å². The molecule has 1 aliphatic rings. The van der Waals surface area contributed by atoms with Crippen molar-refractivity contribution in [1.82, 2.24) is 29.3 Å². The number of aromatic amines is 1. The molecule has 1 fully saturated rings. The first-order valence-corrected chi connectivity index (χ1v) is 13.6. The summed E-state index contributed by atoms with van der Waals surface area (Å²) in [5, 5.41) is 8.81. The molecule has 9 nitrogen and oxygen atoms in total. The van der Waals surface area contributed by atoms with Gasteiger partial charge in [-0.2, -0.15) is 17.5 Å². The second-order valence-corrected chi connectivity index (χ2v) is 11.5. The summed E-state index contributed by atoms with van der Waals surface area (Å²) in [5.74, 6) is -0.0140. The van der Waals surface area contributed by atoms with Crippen molar-refractivity contribution in [2.75, 3.05) is 13.1 Å². The highest BCUT2D eigenvalue weighted by Crippen LogP contribution is 2.36. The van der Waals surface area contributed by atoms with Crippen LogP contribution in [-0.4, -0.2) is 50.8 Å². The molecule has 2 aromatic carbocycles. The maximum Gasteiger partial charge on any atom is 0.417 e. The quantitative estimate of drug-likeness (QED) is 0.369. The second kappa shape index (κ2) is 9.95. The van der Waals surface area contributed by atoms with E-state index in [-0.39, 0.29) is 49.6 Å². The van der Waals surface area contributed by atoms with Gasteiger partial charge < -0.3 is 4.98 Å². The molecule has 0 amide bonds. The number of benzene rings is 2. The Morgan fingerprint density at radius 2 is 1.79 bits per heavy atom. The van der Waals surface area contributed by atoms with Gasteiger partial charge in [-0.1, -0.05) is 46.6 Å². The zero-order chi connectivity index (χ0) is 27.2. The van der Waals surface area contributed by atoms with Gasteiger partial charge in [0.2, 0.25) is 10.0 Å². The topological polar surface area (TPSA) is 114 Å². The smallest absolute Gasteiger partial charge is 0.308 e. The van der Waals surface area contributed by atoms with Crippen molar-refractivity contribution in [3.8, 4) is 0 Å². The molecule has 0 radical (unpaired) electrons. The normalized spacial score (nSPS) is 15.8. The van der Waals surface area contributed by atoms with Gasteiger partial charge in [0.05, 0.1) is 17.0 Å². The molecule has 2 aromatic heterocycles. The Morgan fingerprint density at radius 3 is 2.47 bits per heavy atom. The van der Waals surface area contributed by atoms with Crippen LogP contribution in [0.3, 0.4) is 0 Å². The van der Waals surface area contributed by atoms with E-state index >= 15 is 0 Å². The maximum absolute atomic E-state index is 13.4. The molecule has 0 atom stereocenters. The van der Waals surface area contributed by atoms with E-state index in [0.29, 0.717) is 21.4 Å². The lowest BCUT2D eigenvalue weighted by Crippen LogP contribution is -2.39.